The van der Waals surface area contributed by atoms with Crippen molar-refractivity contribution in [2.45, 2.75) is 37.5 Å². The van der Waals surface area contributed by atoms with Crippen LogP contribution in [0.15, 0.2) is 12.3 Å². The zero-order valence-electron chi connectivity index (χ0n) is 8.62. The number of rotatable bonds is 2. The van der Waals surface area contributed by atoms with E-state index >= 15 is 0 Å². The highest BCUT2D eigenvalue weighted by Gasteiger charge is 2.40. The third kappa shape index (κ3) is 1.88. The average molecular weight is 259 g/mol. The van der Waals surface area contributed by atoms with Gasteiger partial charge in [0.05, 0.1) is 28.3 Å². The van der Waals surface area contributed by atoms with Gasteiger partial charge < -0.3 is 10.1 Å². The maximum absolute atomic E-state index is 6.06. The lowest BCUT2D eigenvalue weighted by Gasteiger charge is -2.21. The highest BCUT2D eigenvalue weighted by molar-refractivity contribution is 6.35. The van der Waals surface area contributed by atoms with Crippen LogP contribution >= 0.6 is 23.2 Å². The molecule has 2 fully saturated rings. The van der Waals surface area contributed by atoms with Gasteiger partial charge >= 0.3 is 0 Å². The van der Waals surface area contributed by atoms with Crippen molar-refractivity contribution in [2.75, 3.05) is 5.32 Å². The fourth-order valence-electron chi connectivity index (χ4n) is 2.49. The molecule has 1 aromatic heterocycles. The molecule has 0 radical (unpaired) electrons. The molecular formula is C11H12Cl2N2O. The molecule has 0 aliphatic carbocycles. The van der Waals surface area contributed by atoms with Crippen molar-refractivity contribution in [3.63, 3.8) is 0 Å². The Morgan fingerprint density at radius 2 is 2.25 bits per heavy atom. The minimum atomic E-state index is 0.318. The second kappa shape index (κ2) is 4.06. The van der Waals surface area contributed by atoms with Crippen molar-refractivity contribution < 1.29 is 4.74 Å². The number of nitrogens with one attached hydrogen (secondary N) is 1. The monoisotopic (exact) mass is 258 g/mol. The quantitative estimate of drug-likeness (QED) is 0.886. The van der Waals surface area contributed by atoms with Gasteiger partial charge in [-0.2, -0.15) is 0 Å². The predicted molar refractivity (Wildman–Crippen MR) is 64.2 cm³/mol. The molecule has 3 nitrogen and oxygen atoms in total. The molecule has 3 rings (SSSR count). The van der Waals surface area contributed by atoms with Crippen LogP contribution < -0.4 is 5.32 Å². The van der Waals surface area contributed by atoms with Crippen LogP contribution in [0.5, 0.6) is 0 Å². The zero-order valence-corrected chi connectivity index (χ0v) is 10.1. The van der Waals surface area contributed by atoms with E-state index in [4.69, 9.17) is 27.9 Å². The molecule has 1 N–H and O–H groups in total. The van der Waals surface area contributed by atoms with Gasteiger partial charge in [0.1, 0.15) is 5.82 Å². The summed E-state index contributed by atoms with van der Waals surface area (Å²) in [6.45, 7) is 0. The minimum absolute atomic E-state index is 0.318. The molecule has 1 aromatic rings. The first-order chi connectivity index (χ1) is 7.72. The summed E-state index contributed by atoms with van der Waals surface area (Å²) >= 11 is 11.9. The lowest BCUT2D eigenvalue weighted by atomic mass is 9.95. The van der Waals surface area contributed by atoms with E-state index in [1.54, 1.807) is 12.3 Å². The van der Waals surface area contributed by atoms with Crippen molar-refractivity contribution in [2.24, 2.45) is 0 Å². The van der Waals surface area contributed by atoms with Crippen LogP contribution in [0.25, 0.3) is 0 Å². The number of hydrogen-bond donors (Lipinski definition) is 1. The number of halogens is 2. The van der Waals surface area contributed by atoms with Crippen LogP contribution in [0.2, 0.25) is 10.0 Å². The fourth-order valence-corrected chi connectivity index (χ4v) is 2.92. The highest BCUT2D eigenvalue weighted by atomic mass is 35.5. The molecule has 2 aliphatic heterocycles. The van der Waals surface area contributed by atoms with Gasteiger partial charge in [-0.1, -0.05) is 23.2 Å². The Kier molecular flexibility index (Phi) is 2.70. The minimum Gasteiger partial charge on any atom is -0.373 e. The lowest BCUT2D eigenvalue weighted by molar-refractivity contribution is 0.102. The molecule has 2 aliphatic rings. The number of fused-ring (bicyclic) bond motifs is 2. The second-order valence-corrected chi connectivity index (χ2v) is 5.19. The molecular weight excluding hydrogens is 247 g/mol. The summed E-state index contributed by atoms with van der Waals surface area (Å²) < 4.78 is 5.76. The third-order valence-electron chi connectivity index (χ3n) is 3.24. The van der Waals surface area contributed by atoms with E-state index < -0.39 is 0 Å². The first kappa shape index (κ1) is 10.6. The number of anilines is 1. The van der Waals surface area contributed by atoms with Gasteiger partial charge in [-0.3, -0.25) is 0 Å². The molecule has 3 atom stereocenters. The Morgan fingerprint density at radius 3 is 2.88 bits per heavy atom. The Morgan fingerprint density at radius 1 is 1.38 bits per heavy atom. The maximum Gasteiger partial charge on any atom is 0.145 e. The topological polar surface area (TPSA) is 34.2 Å². The number of aromatic nitrogens is 1. The number of pyridine rings is 1. The van der Waals surface area contributed by atoms with Gasteiger partial charge in [0.25, 0.3) is 0 Å². The van der Waals surface area contributed by atoms with E-state index in [1.165, 1.54) is 6.42 Å². The van der Waals surface area contributed by atoms with Gasteiger partial charge in [0.2, 0.25) is 0 Å². The Hall–Kier alpha value is -0.510. The molecule has 0 spiro atoms. The molecule has 0 unspecified atom stereocenters. The molecule has 0 aromatic carbocycles. The van der Waals surface area contributed by atoms with Crippen LogP contribution in [0.1, 0.15) is 19.3 Å². The maximum atomic E-state index is 6.06. The van der Waals surface area contributed by atoms with Crippen LogP contribution in [0.3, 0.4) is 0 Å². The van der Waals surface area contributed by atoms with Crippen molar-refractivity contribution in [1.82, 2.24) is 4.98 Å². The molecule has 3 heterocycles. The Balaban J connectivity index is 1.74. The summed E-state index contributed by atoms with van der Waals surface area (Å²) in [6, 6.07) is 2.04. The van der Waals surface area contributed by atoms with Crippen LogP contribution in [-0.2, 0) is 4.74 Å². The highest BCUT2D eigenvalue weighted by Crippen LogP contribution is 2.36. The largest absolute Gasteiger partial charge is 0.373 e. The molecule has 86 valence electrons. The second-order valence-electron chi connectivity index (χ2n) is 4.34. The van der Waals surface area contributed by atoms with Crippen LogP contribution in [0.4, 0.5) is 5.82 Å². The van der Waals surface area contributed by atoms with Crippen molar-refractivity contribution >= 4 is 29.0 Å². The predicted octanol–water partition coefficient (Wildman–Crippen LogP) is 3.12. The van der Waals surface area contributed by atoms with Crippen LogP contribution in [0, 0.1) is 0 Å². The first-order valence-corrected chi connectivity index (χ1v) is 6.21. The fraction of sp³-hybridized carbons (Fsp3) is 0.545. The van der Waals surface area contributed by atoms with E-state index in [9.17, 15) is 0 Å². The smallest absolute Gasteiger partial charge is 0.145 e. The zero-order chi connectivity index (χ0) is 11.1. The van der Waals surface area contributed by atoms with Gasteiger partial charge in [0, 0.05) is 6.20 Å². The molecule has 2 saturated heterocycles. The van der Waals surface area contributed by atoms with E-state index in [-0.39, 0.29) is 0 Å². The number of nitrogens with zero attached hydrogens (tertiary/aromatic N) is 1. The summed E-state index contributed by atoms with van der Waals surface area (Å²) in [5.74, 6) is 0.701. The van der Waals surface area contributed by atoms with Crippen molar-refractivity contribution in [3.8, 4) is 0 Å². The van der Waals surface area contributed by atoms with E-state index in [0.717, 1.165) is 12.8 Å². The average Bonchev–Trinajstić information content (AvgIpc) is 2.84. The van der Waals surface area contributed by atoms with Crippen LogP contribution in [-0.4, -0.2) is 23.2 Å². The van der Waals surface area contributed by atoms with Crippen molar-refractivity contribution in [1.29, 1.82) is 0 Å². The van der Waals surface area contributed by atoms with E-state index in [2.05, 4.69) is 10.3 Å². The van der Waals surface area contributed by atoms with Gasteiger partial charge in [0.15, 0.2) is 0 Å². The molecule has 5 heteroatoms. The van der Waals surface area contributed by atoms with Gasteiger partial charge in [-0.25, -0.2) is 4.98 Å². The van der Waals surface area contributed by atoms with Gasteiger partial charge in [-0.15, -0.1) is 0 Å². The third-order valence-corrected chi connectivity index (χ3v) is 3.73. The summed E-state index contributed by atoms with van der Waals surface area (Å²) in [6.07, 6.45) is 5.71. The summed E-state index contributed by atoms with van der Waals surface area (Å²) in [4.78, 5) is 4.19. The SMILES string of the molecule is Clc1cnc(N[C@H]2C[C@H]3CC[C@H]2O3)c(Cl)c1. The normalized spacial score (nSPS) is 32.0. The molecule has 2 bridgehead atoms. The summed E-state index contributed by atoms with van der Waals surface area (Å²) in [7, 11) is 0. The van der Waals surface area contributed by atoms with Crippen molar-refractivity contribution in [3.05, 3.63) is 22.3 Å². The van der Waals surface area contributed by atoms with Gasteiger partial charge in [-0.05, 0) is 25.3 Å². The molecule has 16 heavy (non-hydrogen) atoms. The molecule has 0 amide bonds. The number of hydrogen-bond acceptors (Lipinski definition) is 3. The Bertz CT molecular complexity index is 413. The summed E-state index contributed by atoms with van der Waals surface area (Å²) in [5.41, 5.74) is 0. The van der Waals surface area contributed by atoms with E-state index in [0.29, 0.717) is 34.1 Å². The van der Waals surface area contributed by atoms with E-state index in [1.807, 2.05) is 0 Å². The lowest BCUT2D eigenvalue weighted by Crippen LogP contribution is -2.30. The Labute approximate surface area is 104 Å². The standard InChI is InChI=1S/C11H12Cl2N2O/c12-6-3-8(13)11(14-5-6)15-9-4-7-1-2-10(9)16-7/h3,5,7,9-10H,1-2,4H2,(H,14,15)/t7-,9+,10-/m1/s1. The molecule has 0 saturated carbocycles. The first-order valence-electron chi connectivity index (χ1n) is 5.45. The summed E-state index contributed by atoms with van der Waals surface area (Å²) in [5, 5.41) is 4.46. The number of ether oxygens (including phenoxy) is 1.